The van der Waals surface area contributed by atoms with Crippen LogP contribution in [0.25, 0.3) is 0 Å². The van der Waals surface area contributed by atoms with E-state index in [4.69, 9.17) is 15.2 Å². The molecule has 0 radical (unpaired) electrons. The first kappa shape index (κ1) is 31.9. The van der Waals surface area contributed by atoms with Crippen molar-refractivity contribution in [2.24, 2.45) is 5.73 Å². The minimum absolute atomic E-state index is 0.0493. The van der Waals surface area contributed by atoms with Gasteiger partial charge in [-0.1, -0.05) is 18.2 Å². The van der Waals surface area contributed by atoms with Crippen LogP contribution in [0.15, 0.2) is 54.6 Å². The normalized spacial score (nSPS) is 21.7. The van der Waals surface area contributed by atoms with Gasteiger partial charge in [0.1, 0.15) is 29.6 Å². The van der Waals surface area contributed by atoms with Crippen LogP contribution in [0.3, 0.4) is 0 Å². The number of hydrogen-bond donors (Lipinski definition) is 3. The van der Waals surface area contributed by atoms with E-state index in [1.807, 2.05) is 24.3 Å². The van der Waals surface area contributed by atoms with Gasteiger partial charge in [0.2, 0.25) is 5.91 Å². The molecule has 0 aliphatic carbocycles. The topological polar surface area (TPSA) is 105 Å². The Labute approximate surface area is 253 Å². The highest BCUT2D eigenvalue weighted by Crippen LogP contribution is 2.31. The molecule has 0 spiro atoms. The fourth-order valence-electron chi connectivity index (χ4n) is 5.77. The third kappa shape index (κ3) is 7.95. The fraction of sp³-hybridized carbons (Fsp3) is 0.424. The summed E-state index contributed by atoms with van der Waals surface area (Å²) in [5, 5.41) is 20.0. The van der Waals surface area contributed by atoms with Crippen LogP contribution < -0.4 is 10.5 Å². The van der Waals surface area contributed by atoms with Gasteiger partial charge in [0.25, 0.3) is 0 Å². The lowest BCUT2D eigenvalue weighted by molar-refractivity contribution is -0.133. The fourth-order valence-corrected chi connectivity index (χ4v) is 5.77. The second kappa shape index (κ2) is 14.1. The molecule has 4 N–H and O–H groups in total. The first-order valence-corrected chi connectivity index (χ1v) is 14.7. The van der Waals surface area contributed by atoms with Gasteiger partial charge in [-0.05, 0) is 59.0 Å². The Bertz CT molecular complexity index is 1450. The number of halogens is 4. The Morgan fingerprint density at radius 2 is 1.64 bits per heavy atom. The first-order chi connectivity index (χ1) is 21.0. The Morgan fingerprint density at radius 3 is 2.34 bits per heavy atom. The van der Waals surface area contributed by atoms with Crippen LogP contribution in [0.4, 0.5) is 17.6 Å². The predicted molar refractivity (Wildman–Crippen MR) is 154 cm³/mol. The second-order valence-electron chi connectivity index (χ2n) is 11.6. The molecule has 0 aromatic heterocycles. The summed E-state index contributed by atoms with van der Waals surface area (Å²) in [6.45, 7) is 1.04. The molecule has 44 heavy (non-hydrogen) atoms. The van der Waals surface area contributed by atoms with Crippen molar-refractivity contribution < 1.29 is 42.0 Å². The standard InChI is InChI=1S/C33H36F4N2O5/c34-27-6-3-20(33-31(41)16-24(40)18-43-33)12-21(27)11-19-1-4-25(5-2-19)44-26-7-9-39(10-8-26)32(42)15-23(38)13-22-14-29(36)30(37)17-28(22)35/h1-6,12,14,17,23-24,26,31,33,40-41H,7-11,13,15-16,18,38H2/t23-,24+,31-,33+/m1/s1. The van der Waals surface area contributed by atoms with Crippen molar-refractivity contribution in [2.75, 3.05) is 19.7 Å². The molecule has 2 aliphatic rings. The highest BCUT2D eigenvalue weighted by Gasteiger charge is 2.31. The largest absolute Gasteiger partial charge is 0.490 e. The van der Waals surface area contributed by atoms with Gasteiger partial charge in [-0.25, -0.2) is 17.6 Å². The van der Waals surface area contributed by atoms with E-state index in [1.54, 1.807) is 17.0 Å². The first-order valence-electron chi connectivity index (χ1n) is 14.7. The number of amides is 1. The van der Waals surface area contributed by atoms with E-state index in [0.717, 1.165) is 11.6 Å². The third-order valence-corrected chi connectivity index (χ3v) is 8.15. The number of benzene rings is 3. The number of likely N-dealkylation sites (tertiary alicyclic amines) is 1. The molecule has 5 rings (SSSR count). The molecule has 0 saturated carbocycles. The van der Waals surface area contributed by atoms with Crippen molar-refractivity contribution >= 4 is 5.91 Å². The Hall–Kier alpha value is -3.51. The van der Waals surface area contributed by atoms with Crippen LogP contribution in [0.5, 0.6) is 5.75 Å². The Kier molecular flexibility index (Phi) is 10.2. The van der Waals surface area contributed by atoms with Gasteiger partial charge in [-0.15, -0.1) is 0 Å². The van der Waals surface area contributed by atoms with Crippen molar-refractivity contribution in [2.45, 2.75) is 69.0 Å². The molecule has 1 amide bonds. The van der Waals surface area contributed by atoms with Crippen molar-refractivity contribution in [1.82, 2.24) is 4.90 Å². The second-order valence-corrected chi connectivity index (χ2v) is 11.6. The minimum Gasteiger partial charge on any atom is -0.490 e. The van der Waals surface area contributed by atoms with Gasteiger partial charge in [0, 0.05) is 57.3 Å². The summed E-state index contributed by atoms with van der Waals surface area (Å²) in [7, 11) is 0. The number of aliphatic hydroxyl groups excluding tert-OH is 2. The van der Waals surface area contributed by atoms with E-state index in [9.17, 15) is 32.6 Å². The Balaban J connectivity index is 1.09. The molecular weight excluding hydrogens is 580 g/mol. The molecule has 3 aromatic rings. The lowest BCUT2D eigenvalue weighted by atomic mass is 9.94. The van der Waals surface area contributed by atoms with E-state index in [2.05, 4.69) is 0 Å². The molecule has 0 bridgehead atoms. The molecule has 236 valence electrons. The molecule has 3 aromatic carbocycles. The quantitative estimate of drug-likeness (QED) is 0.244. The summed E-state index contributed by atoms with van der Waals surface area (Å²) >= 11 is 0. The molecule has 7 nitrogen and oxygen atoms in total. The van der Waals surface area contributed by atoms with Gasteiger partial charge >= 0.3 is 0 Å². The minimum atomic E-state index is -1.27. The lowest BCUT2D eigenvalue weighted by Gasteiger charge is -2.33. The zero-order chi connectivity index (χ0) is 31.4. The van der Waals surface area contributed by atoms with Gasteiger partial charge in [-0.3, -0.25) is 4.79 Å². The highest BCUT2D eigenvalue weighted by atomic mass is 19.2. The number of carbonyl (C=O) groups is 1. The van der Waals surface area contributed by atoms with E-state index < -0.39 is 41.8 Å². The van der Waals surface area contributed by atoms with Gasteiger partial charge in [0.15, 0.2) is 11.6 Å². The van der Waals surface area contributed by atoms with E-state index in [0.29, 0.717) is 55.3 Å². The van der Waals surface area contributed by atoms with Gasteiger partial charge in [0.05, 0.1) is 18.8 Å². The zero-order valence-electron chi connectivity index (χ0n) is 24.1. The summed E-state index contributed by atoms with van der Waals surface area (Å²) in [6, 6.07) is 12.5. The maximum absolute atomic E-state index is 14.6. The third-order valence-electron chi connectivity index (χ3n) is 8.15. The molecule has 2 saturated heterocycles. The van der Waals surface area contributed by atoms with Crippen LogP contribution in [-0.4, -0.2) is 65.1 Å². The summed E-state index contributed by atoms with van der Waals surface area (Å²) in [6.07, 6.45) is -0.727. The molecule has 2 aliphatic heterocycles. The monoisotopic (exact) mass is 616 g/mol. The summed E-state index contributed by atoms with van der Waals surface area (Å²) in [5.41, 5.74) is 7.94. The van der Waals surface area contributed by atoms with Crippen molar-refractivity contribution in [3.05, 3.63) is 100 Å². The highest BCUT2D eigenvalue weighted by molar-refractivity contribution is 5.77. The summed E-state index contributed by atoms with van der Waals surface area (Å²) in [5.74, 6) is -3.23. The number of carbonyl (C=O) groups excluding carboxylic acids is 1. The molecule has 2 fully saturated rings. The van der Waals surface area contributed by atoms with Gasteiger partial charge in [-0.2, -0.15) is 0 Å². The zero-order valence-corrected chi connectivity index (χ0v) is 24.1. The molecule has 0 unspecified atom stereocenters. The number of nitrogens with two attached hydrogens (primary N) is 1. The predicted octanol–water partition coefficient (Wildman–Crippen LogP) is 4.35. The lowest BCUT2D eigenvalue weighted by Crippen LogP contribution is -2.43. The van der Waals surface area contributed by atoms with Crippen molar-refractivity contribution in [3.8, 4) is 5.75 Å². The smallest absolute Gasteiger partial charge is 0.224 e. The number of aliphatic hydroxyl groups is 2. The number of rotatable bonds is 9. The summed E-state index contributed by atoms with van der Waals surface area (Å²) in [4.78, 5) is 14.4. The number of nitrogens with zero attached hydrogens (tertiary/aromatic N) is 1. The maximum Gasteiger partial charge on any atom is 0.224 e. The maximum atomic E-state index is 14.6. The van der Waals surface area contributed by atoms with E-state index in [-0.39, 0.29) is 49.3 Å². The van der Waals surface area contributed by atoms with Crippen molar-refractivity contribution in [1.29, 1.82) is 0 Å². The van der Waals surface area contributed by atoms with E-state index >= 15 is 0 Å². The van der Waals surface area contributed by atoms with Crippen molar-refractivity contribution in [3.63, 3.8) is 0 Å². The van der Waals surface area contributed by atoms with Crippen LogP contribution in [0.1, 0.15) is 54.0 Å². The SMILES string of the molecule is N[C@@H](CC(=O)N1CCC(Oc2ccc(Cc3cc([C@@H]4OC[C@@H](O)C[C@H]4O)ccc3F)cc2)CC1)Cc1cc(F)c(F)cc1F. The molecular formula is C33H36F4N2O5. The van der Waals surface area contributed by atoms with Crippen LogP contribution in [0.2, 0.25) is 0 Å². The van der Waals surface area contributed by atoms with Crippen LogP contribution in [-0.2, 0) is 22.4 Å². The average molecular weight is 617 g/mol. The van der Waals surface area contributed by atoms with Gasteiger partial charge < -0.3 is 30.3 Å². The van der Waals surface area contributed by atoms with E-state index in [1.165, 1.54) is 6.07 Å². The number of hydrogen-bond acceptors (Lipinski definition) is 6. The number of ether oxygens (including phenoxy) is 2. The average Bonchev–Trinajstić information content (AvgIpc) is 2.98. The molecule has 2 heterocycles. The van der Waals surface area contributed by atoms with Crippen LogP contribution >= 0.6 is 0 Å². The molecule has 11 heteroatoms. The molecule has 4 atom stereocenters. The Morgan fingerprint density at radius 1 is 0.932 bits per heavy atom. The van der Waals surface area contributed by atoms with Crippen LogP contribution in [0, 0.1) is 23.3 Å². The number of piperidine rings is 1. The summed E-state index contributed by atoms with van der Waals surface area (Å²) < 4.78 is 66.9.